The summed E-state index contributed by atoms with van der Waals surface area (Å²) in [4.78, 5) is 51.2. The van der Waals surface area contributed by atoms with E-state index in [1.807, 2.05) is 54.6 Å². The van der Waals surface area contributed by atoms with E-state index in [0.29, 0.717) is 20.6 Å². The maximum Gasteiger partial charge on any atom is 0.335 e. The number of hydrogen-bond acceptors (Lipinski definition) is 6. The van der Waals surface area contributed by atoms with Gasteiger partial charge in [-0.15, -0.1) is 0 Å². The molecule has 0 saturated carbocycles. The number of hydrogen-bond donors (Lipinski definition) is 2. The van der Waals surface area contributed by atoms with E-state index in [1.165, 1.54) is 31.4 Å². The highest BCUT2D eigenvalue weighted by molar-refractivity contribution is 14.1. The van der Waals surface area contributed by atoms with Crippen molar-refractivity contribution in [1.82, 2.24) is 5.32 Å². The third-order valence-electron chi connectivity index (χ3n) is 5.75. The van der Waals surface area contributed by atoms with E-state index in [0.717, 1.165) is 28.2 Å². The van der Waals surface area contributed by atoms with E-state index in [-0.39, 0.29) is 29.5 Å². The number of imide groups is 2. The summed E-state index contributed by atoms with van der Waals surface area (Å²) in [5, 5.41) is 4.93. The summed E-state index contributed by atoms with van der Waals surface area (Å²) in [5.74, 6) is -2.07. The lowest BCUT2D eigenvalue weighted by Gasteiger charge is -2.26. The van der Waals surface area contributed by atoms with Gasteiger partial charge in [-0.25, -0.2) is 14.1 Å². The van der Waals surface area contributed by atoms with Gasteiger partial charge in [0.1, 0.15) is 11.4 Å². The first kappa shape index (κ1) is 27.8. The first-order chi connectivity index (χ1) is 18.6. The molecule has 3 aromatic carbocycles. The minimum absolute atomic E-state index is 0.104. The number of carbonyl (C=O) groups is 4. The lowest BCUT2D eigenvalue weighted by Crippen LogP contribution is -2.54. The van der Waals surface area contributed by atoms with Crippen LogP contribution in [0.4, 0.5) is 20.6 Å². The minimum atomic E-state index is -0.941. The van der Waals surface area contributed by atoms with Gasteiger partial charge >= 0.3 is 6.03 Å². The van der Waals surface area contributed by atoms with Crippen molar-refractivity contribution < 1.29 is 33.0 Å². The number of carbonyl (C=O) groups excluding carboxylic acids is 4. The molecule has 3 aromatic rings. The zero-order chi connectivity index (χ0) is 28.3. The molecule has 5 amide bonds. The van der Waals surface area contributed by atoms with Crippen molar-refractivity contribution in [2.75, 3.05) is 23.9 Å². The topological polar surface area (TPSA) is 114 Å². The van der Waals surface area contributed by atoms with Crippen LogP contribution in [0.5, 0.6) is 11.5 Å². The second-order valence-corrected chi connectivity index (χ2v) is 9.79. The Kier molecular flexibility index (Phi) is 8.29. The Hall–Kier alpha value is -4.26. The van der Waals surface area contributed by atoms with Gasteiger partial charge in [0.05, 0.1) is 16.4 Å². The highest BCUT2D eigenvalue weighted by atomic mass is 127. The summed E-state index contributed by atoms with van der Waals surface area (Å²) in [6.45, 7) is 3.58. The van der Waals surface area contributed by atoms with E-state index in [4.69, 9.17) is 9.47 Å². The molecule has 11 heteroatoms. The number of methoxy groups -OCH3 is 1. The van der Waals surface area contributed by atoms with Crippen LogP contribution in [0.25, 0.3) is 6.08 Å². The fourth-order valence-electron chi connectivity index (χ4n) is 3.89. The van der Waals surface area contributed by atoms with E-state index in [1.54, 1.807) is 6.07 Å². The molecule has 0 unspecified atom stereocenters. The van der Waals surface area contributed by atoms with Gasteiger partial charge in [-0.1, -0.05) is 17.7 Å². The lowest BCUT2D eigenvalue weighted by atomic mass is 10.1. The van der Waals surface area contributed by atoms with Crippen molar-refractivity contribution in [3.8, 4) is 11.5 Å². The van der Waals surface area contributed by atoms with Crippen LogP contribution in [0.2, 0.25) is 0 Å². The quantitative estimate of drug-likeness (QED) is 0.219. The molecule has 39 heavy (non-hydrogen) atoms. The fraction of sp³-hybridized carbons (Fsp3) is 0.143. The van der Waals surface area contributed by atoms with Gasteiger partial charge in [0.25, 0.3) is 17.7 Å². The van der Waals surface area contributed by atoms with Crippen LogP contribution in [-0.2, 0) is 14.4 Å². The smallest absolute Gasteiger partial charge is 0.335 e. The summed E-state index contributed by atoms with van der Waals surface area (Å²) in [5.41, 5.74) is 2.90. The number of barbiturate groups is 1. The first-order valence-electron chi connectivity index (χ1n) is 11.6. The second kappa shape index (κ2) is 11.6. The SMILES string of the molecule is COc1cc(/C=C2\C(=O)NC(=O)N(c3ccc(F)cc3)C2=O)cc(I)c1OCC(=O)Nc1ccc(C)cc1C. The fourth-order valence-corrected chi connectivity index (χ4v) is 4.67. The largest absolute Gasteiger partial charge is 0.493 e. The Morgan fingerprint density at radius 3 is 2.46 bits per heavy atom. The number of halogens is 2. The van der Waals surface area contributed by atoms with Gasteiger partial charge in [-0.3, -0.25) is 19.7 Å². The second-order valence-electron chi connectivity index (χ2n) is 8.62. The standard InChI is InChI=1S/C28H23FIN3O6/c1-15-4-9-22(16(2)10-15)31-24(34)14-39-25-21(30)12-17(13-23(25)38-3)11-20-26(35)32-28(37)33(27(20)36)19-7-5-18(29)6-8-19/h4-13H,14H2,1-3H3,(H,31,34)(H,32,35,37)/b20-11+. The number of ether oxygens (including phenoxy) is 2. The molecule has 1 aliphatic rings. The molecule has 0 aromatic heterocycles. The van der Waals surface area contributed by atoms with E-state index in [9.17, 15) is 23.6 Å². The summed E-state index contributed by atoms with van der Waals surface area (Å²) >= 11 is 1.99. The van der Waals surface area contributed by atoms with Gasteiger partial charge in [-0.05, 0) is 96.1 Å². The maximum atomic E-state index is 13.3. The summed E-state index contributed by atoms with van der Waals surface area (Å²) in [7, 11) is 1.42. The normalized spacial score (nSPS) is 14.3. The van der Waals surface area contributed by atoms with Crippen molar-refractivity contribution in [3.63, 3.8) is 0 Å². The maximum absolute atomic E-state index is 13.3. The molecule has 200 valence electrons. The van der Waals surface area contributed by atoms with Gasteiger partial charge in [0, 0.05) is 5.69 Å². The summed E-state index contributed by atoms with van der Waals surface area (Å²) in [6, 6.07) is 12.6. The zero-order valence-electron chi connectivity index (χ0n) is 21.1. The molecule has 2 N–H and O–H groups in total. The molecule has 0 bridgehead atoms. The summed E-state index contributed by atoms with van der Waals surface area (Å²) < 4.78 is 25.1. The van der Waals surface area contributed by atoms with Crippen molar-refractivity contribution >= 4 is 63.8 Å². The average Bonchev–Trinajstić information content (AvgIpc) is 2.88. The highest BCUT2D eigenvalue weighted by Crippen LogP contribution is 2.35. The third-order valence-corrected chi connectivity index (χ3v) is 6.55. The predicted molar refractivity (Wildman–Crippen MR) is 151 cm³/mol. The number of aryl methyl sites for hydroxylation is 2. The Bertz CT molecular complexity index is 1520. The lowest BCUT2D eigenvalue weighted by molar-refractivity contribution is -0.122. The summed E-state index contributed by atoms with van der Waals surface area (Å²) in [6.07, 6.45) is 1.31. The Morgan fingerprint density at radius 1 is 1.08 bits per heavy atom. The number of nitrogens with zero attached hydrogens (tertiary/aromatic N) is 1. The van der Waals surface area contributed by atoms with Crippen LogP contribution >= 0.6 is 22.6 Å². The first-order valence-corrected chi connectivity index (χ1v) is 12.7. The van der Waals surface area contributed by atoms with Crippen molar-refractivity contribution in [2.24, 2.45) is 0 Å². The molecule has 1 saturated heterocycles. The molecular weight excluding hydrogens is 620 g/mol. The van der Waals surface area contributed by atoms with Gasteiger partial charge < -0.3 is 14.8 Å². The van der Waals surface area contributed by atoms with Crippen molar-refractivity contribution in [1.29, 1.82) is 0 Å². The minimum Gasteiger partial charge on any atom is -0.493 e. The van der Waals surface area contributed by atoms with Crippen LogP contribution < -0.4 is 25.0 Å². The molecule has 0 radical (unpaired) electrons. The number of rotatable bonds is 7. The molecule has 0 spiro atoms. The van der Waals surface area contributed by atoms with Gasteiger partial charge in [0.2, 0.25) is 0 Å². The van der Waals surface area contributed by atoms with Crippen LogP contribution in [0.1, 0.15) is 16.7 Å². The van der Waals surface area contributed by atoms with Crippen molar-refractivity contribution in [2.45, 2.75) is 13.8 Å². The number of amides is 5. The number of nitrogens with one attached hydrogen (secondary N) is 2. The van der Waals surface area contributed by atoms with E-state index < -0.39 is 23.7 Å². The Labute approximate surface area is 237 Å². The monoisotopic (exact) mass is 643 g/mol. The Balaban J connectivity index is 1.55. The van der Waals surface area contributed by atoms with E-state index in [2.05, 4.69) is 10.6 Å². The van der Waals surface area contributed by atoms with Crippen LogP contribution in [0.15, 0.2) is 60.2 Å². The zero-order valence-corrected chi connectivity index (χ0v) is 23.3. The van der Waals surface area contributed by atoms with Crippen LogP contribution in [0.3, 0.4) is 0 Å². The molecule has 9 nitrogen and oxygen atoms in total. The van der Waals surface area contributed by atoms with Crippen LogP contribution in [-0.4, -0.2) is 37.5 Å². The highest BCUT2D eigenvalue weighted by Gasteiger charge is 2.37. The third kappa shape index (κ3) is 6.25. The van der Waals surface area contributed by atoms with Crippen molar-refractivity contribution in [3.05, 3.63) is 86.2 Å². The predicted octanol–water partition coefficient (Wildman–Crippen LogP) is 4.74. The Morgan fingerprint density at radius 2 is 1.79 bits per heavy atom. The number of benzene rings is 3. The molecule has 0 atom stereocenters. The average molecular weight is 643 g/mol. The molecule has 4 rings (SSSR count). The van der Waals surface area contributed by atoms with Gasteiger partial charge in [0.15, 0.2) is 18.1 Å². The van der Waals surface area contributed by atoms with Crippen LogP contribution in [0, 0.1) is 23.2 Å². The molecule has 1 heterocycles. The van der Waals surface area contributed by atoms with E-state index >= 15 is 0 Å². The molecular formula is C28H23FIN3O6. The number of anilines is 2. The van der Waals surface area contributed by atoms with Gasteiger partial charge in [-0.2, -0.15) is 0 Å². The molecule has 1 fully saturated rings. The number of urea groups is 1. The molecule has 0 aliphatic carbocycles. The molecule has 1 aliphatic heterocycles.